The molecule has 166 valence electrons. The van der Waals surface area contributed by atoms with Crippen LogP contribution in [0.15, 0.2) is 23.3 Å². The number of rotatable bonds is 5. The Labute approximate surface area is 183 Å². The van der Waals surface area contributed by atoms with Crippen LogP contribution < -0.4 is 0 Å². The first-order chi connectivity index (χ1) is 13.8. The molecule has 0 radical (unpaired) electrons. The lowest BCUT2D eigenvalue weighted by atomic mass is 9.48. The van der Waals surface area contributed by atoms with Crippen molar-refractivity contribution < 1.29 is 0 Å². The van der Waals surface area contributed by atoms with E-state index in [1.54, 1.807) is 5.57 Å². The highest BCUT2D eigenvalue weighted by Gasteiger charge is 2.59. The number of fused-ring (bicyclic) bond motifs is 5. The van der Waals surface area contributed by atoms with Crippen molar-refractivity contribution in [2.75, 3.05) is 0 Å². The van der Waals surface area contributed by atoms with Gasteiger partial charge in [-0.05, 0) is 85.4 Å². The molecule has 0 heteroatoms. The second-order valence-electron chi connectivity index (χ2n) is 11.8. The number of hydrogen-bond acceptors (Lipinski definition) is 0. The van der Waals surface area contributed by atoms with E-state index in [1.165, 1.54) is 77.0 Å². The van der Waals surface area contributed by atoms with Gasteiger partial charge in [-0.25, -0.2) is 0 Å². The molecule has 0 aromatic rings. The Kier molecular flexibility index (Phi) is 7.12. The lowest BCUT2D eigenvalue weighted by molar-refractivity contribution is 0.0114. The van der Waals surface area contributed by atoms with Crippen molar-refractivity contribution in [3.63, 3.8) is 0 Å². The average Bonchev–Trinajstić information content (AvgIpc) is 2.97. The van der Waals surface area contributed by atoms with Crippen molar-refractivity contribution in [1.82, 2.24) is 0 Å². The van der Waals surface area contributed by atoms with Crippen LogP contribution >= 0.6 is 0 Å². The van der Waals surface area contributed by atoms with Crippen molar-refractivity contribution in [2.24, 2.45) is 34.0 Å². The molecule has 0 N–H and O–H groups in total. The van der Waals surface area contributed by atoms with Gasteiger partial charge in [-0.1, -0.05) is 97.4 Å². The molecule has 0 heterocycles. The summed E-state index contributed by atoms with van der Waals surface area (Å²) in [6.45, 7) is 16.7. The van der Waals surface area contributed by atoms with Crippen LogP contribution in [0.3, 0.4) is 0 Å². The van der Waals surface area contributed by atoms with Crippen LogP contribution in [0.25, 0.3) is 0 Å². The zero-order valence-electron chi connectivity index (χ0n) is 20.9. The summed E-state index contributed by atoms with van der Waals surface area (Å²) in [6.07, 6.45) is 22.5. The molecular formula is C29H50. The van der Waals surface area contributed by atoms with Gasteiger partial charge in [0.2, 0.25) is 0 Å². The van der Waals surface area contributed by atoms with E-state index in [-0.39, 0.29) is 0 Å². The Hall–Kier alpha value is -0.520. The monoisotopic (exact) mass is 398 g/mol. The molecule has 0 aliphatic heterocycles. The second kappa shape index (κ2) is 8.92. The van der Waals surface area contributed by atoms with Crippen molar-refractivity contribution in [3.8, 4) is 0 Å². The van der Waals surface area contributed by atoms with Gasteiger partial charge in [0.05, 0.1) is 0 Å². The summed E-state index contributed by atoms with van der Waals surface area (Å²) < 4.78 is 0. The number of unbranched alkanes of at least 4 members (excludes halogenated alkanes) is 1. The van der Waals surface area contributed by atoms with Crippen molar-refractivity contribution in [2.45, 2.75) is 126 Å². The number of allylic oxidation sites excluding steroid dienone is 4. The zero-order valence-corrected chi connectivity index (χ0v) is 20.9. The fraction of sp³-hybridized carbons (Fsp3) is 0.862. The van der Waals surface area contributed by atoms with Crippen LogP contribution in [-0.2, 0) is 0 Å². The minimum Gasteiger partial charge on any atom is -0.0683 e. The summed E-state index contributed by atoms with van der Waals surface area (Å²) >= 11 is 0. The van der Waals surface area contributed by atoms with E-state index >= 15 is 0 Å². The highest BCUT2D eigenvalue weighted by molar-refractivity contribution is 5.38. The lowest BCUT2D eigenvalue weighted by Crippen LogP contribution is -2.47. The normalized spacial score (nSPS) is 40.8. The van der Waals surface area contributed by atoms with Crippen molar-refractivity contribution >= 4 is 0 Å². The molecule has 0 bridgehead atoms. The summed E-state index contributed by atoms with van der Waals surface area (Å²) in [5.74, 6) is 2.59. The van der Waals surface area contributed by atoms with E-state index in [1.807, 2.05) is 19.4 Å². The van der Waals surface area contributed by atoms with Crippen molar-refractivity contribution in [3.05, 3.63) is 23.3 Å². The first-order valence-corrected chi connectivity index (χ1v) is 13.2. The molecule has 0 aromatic carbocycles. The zero-order chi connectivity index (χ0) is 21.3. The predicted octanol–water partition coefficient (Wildman–Crippen LogP) is 9.51. The summed E-state index contributed by atoms with van der Waals surface area (Å²) in [7, 11) is 0. The predicted molar refractivity (Wildman–Crippen MR) is 129 cm³/mol. The van der Waals surface area contributed by atoms with Crippen LogP contribution in [0.1, 0.15) is 126 Å². The molecule has 3 saturated carbocycles. The molecule has 3 fully saturated rings. The van der Waals surface area contributed by atoms with E-state index in [9.17, 15) is 0 Å². The van der Waals surface area contributed by atoms with Gasteiger partial charge in [0.1, 0.15) is 0 Å². The molecule has 0 nitrogen and oxygen atoms in total. The van der Waals surface area contributed by atoms with E-state index in [2.05, 4.69) is 46.8 Å². The number of hydrogen-bond donors (Lipinski definition) is 0. The van der Waals surface area contributed by atoms with Gasteiger partial charge in [0.15, 0.2) is 0 Å². The molecule has 5 atom stereocenters. The van der Waals surface area contributed by atoms with Gasteiger partial charge in [-0.15, -0.1) is 0 Å². The van der Waals surface area contributed by atoms with Gasteiger partial charge in [0.25, 0.3) is 0 Å². The minimum atomic E-state index is 0.500. The Balaban J connectivity index is 0.00000117. The van der Waals surface area contributed by atoms with Crippen LogP contribution in [0.2, 0.25) is 0 Å². The summed E-state index contributed by atoms with van der Waals surface area (Å²) in [5, 5.41) is 0. The van der Waals surface area contributed by atoms with Crippen LogP contribution in [-0.4, -0.2) is 0 Å². The summed E-state index contributed by atoms with van der Waals surface area (Å²) in [5.41, 5.74) is 5.28. The maximum atomic E-state index is 2.69. The van der Waals surface area contributed by atoms with Crippen LogP contribution in [0, 0.1) is 34.0 Å². The standard InChI is InChI=1S/C27H44.C2H6/c1-20(2)10-6-8-16-25(3)18-14-24-22-13-12-21-11-7-9-17-26(21,4)23(22)15-19-27(24,25)5;1-2/h12-13,20,23-24H,6-11,14-19H2,1-5H3;1-2H3. The quantitative estimate of drug-likeness (QED) is 0.404. The fourth-order valence-electron chi connectivity index (χ4n) is 7.87. The van der Waals surface area contributed by atoms with Gasteiger partial charge in [0, 0.05) is 0 Å². The SMILES string of the molecule is CC.CC(C)CCCCC1(C)CCC2C3=CC=C4CCCCC4(C)C3CCC21C. The molecule has 4 aliphatic rings. The van der Waals surface area contributed by atoms with Crippen molar-refractivity contribution in [1.29, 1.82) is 0 Å². The van der Waals surface area contributed by atoms with E-state index in [4.69, 9.17) is 0 Å². The Bertz CT molecular complexity index is 622. The maximum Gasteiger partial charge on any atom is -0.00476 e. The van der Waals surface area contributed by atoms with E-state index in [0.29, 0.717) is 16.2 Å². The van der Waals surface area contributed by atoms with Crippen LogP contribution in [0.5, 0.6) is 0 Å². The molecule has 0 saturated heterocycles. The van der Waals surface area contributed by atoms with Gasteiger partial charge < -0.3 is 0 Å². The fourth-order valence-corrected chi connectivity index (χ4v) is 7.87. The second-order valence-corrected chi connectivity index (χ2v) is 11.8. The highest BCUT2D eigenvalue weighted by atomic mass is 14.6. The van der Waals surface area contributed by atoms with Gasteiger partial charge >= 0.3 is 0 Å². The molecule has 0 amide bonds. The van der Waals surface area contributed by atoms with Gasteiger partial charge in [-0.3, -0.25) is 0 Å². The maximum absolute atomic E-state index is 2.69. The average molecular weight is 399 g/mol. The third-order valence-corrected chi connectivity index (χ3v) is 10.0. The smallest absolute Gasteiger partial charge is 0.00476 e. The first kappa shape index (κ1) is 23.1. The molecule has 4 rings (SSSR count). The molecule has 0 spiro atoms. The van der Waals surface area contributed by atoms with E-state index in [0.717, 1.165) is 17.8 Å². The molecule has 29 heavy (non-hydrogen) atoms. The first-order valence-electron chi connectivity index (χ1n) is 13.2. The highest BCUT2D eigenvalue weighted by Crippen LogP contribution is 2.69. The minimum absolute atomic E-state index is 0.500. The van der Waals surface area contributed by atoms with Gasteiger partial charge in [-0.2, -0.15) is 0 Å². The Morgan fingerprint density at radius 1 is 0.897 bits per heavy atom. The largest absolute Gasteiger partial charge is 0.0683 e. The topological polar surface area (TPSA) is 0 Å². The summed E-state index contributed by atoms with van der Waals surface area (Å²) in [4.78, 5) is 0. The Morgan fingerprint density at radius 2 is 1.62 bits per heavy atom. The third-order valence-electron chi connectivity index (χ3n) is 10.0. The third kappa shape index (κ3) is 3.92. The van der Waals surface area contributed by atoms with E-state index < -0.39 is 0 Å². The molecule has 4 aliphatic carbocycles. The molecule has 0 aromatic heterocycles. The molecular weight excluding hydrogens is 348 g/mol. The Morgan fingerprint density at radius 3 is 2.34 bits per heavy atom. The summed E-state index contributed by atoms with van der Waals surface area (Å²) in [6, 6.07) is 0. The lowest BCUT2D eigenvalue weighted by Gasteiger charge is -2.56. The molecule has 5 unspecified atom stereocenters. The van der Waals surface area contributed by atoms with Crippen LogP contribution in [0.4, 0.5) is 0 Å².